The van der Waals surface area contributed by atoms with Gasteiger partial charge in [0.25, 0.3) is 0 Å². The molecule has 8 rings (SSSR count). The summed E-state index contributed by atoms with van der Waals surface area (Å²) in [6.07, 6.45) is 8.36. The molecule has 0 spiro atoms. The number of hydrogen-bond donors (Lipinski definition) is 6. The number of allylic oxidation sites excluding steroid dienone is 2. The van der Waals surface area contributed by atoms with E-state index in [9.17, 15) is 20.4 Å². The van der Waals surface area contributed by atoms with Crippen LogP contribution in [-0.2, 0) is 32.1 Å². The lowest BCUT2D eigenvalue weighted by atomic mass is 9.93. The van der Waals surface area contributed by atoms with E-state index in [1.807, 2.05) is 97.0 Å². The first kappa shape index (κ1) is 62.0. The van der Waals surface area contributed by atoms with E-state index >= 15 is 0 Å². The fraction of sp³-hybridized carbons (Fsp3) is 0.246. The van der Waals surface area contributed by atoms with Gasteiger partial charge in [0.2, 0.25) is 0 Å². The van der Waals surface area contributed by atoms with Gasteiger partial charge in [-0.2, -0.15) is 0 Å². The number of hydrogen-bond acceptors (Lipinski definition) is 6. The molecule has 0 aromatic heterocycles. The van der Waals surface area contributed by atoms with Gasteiger partial charge in [-0.1, -0.05) is 149 Å². The summed E-state index contributed by atoms with van der Waals surface area (Å²) in [5, 5.41) is 60.5. The van der Waals surface area contributed by atoms with Crippen molar-refractivity contribution in [3.63, 3.8) is 0 Å². The topological polar surface area (TPSA) is 121 Å². The van der Waals surface area contributed by atoms with Gasteiger partial charge in [-0.05, 0) is 215 Å². The summed E-state index contributed by atoms with van der Waals surface area (Å²) in [7, 11) is 0. The molecule has 388 valence electrons. The Balaban J connectivity index is 0.000000235. The van der Waals surface area contributed by atoms with Crippen molar-refractivity contribution < 1.29 is 30.6 Å². The molecule has 0 fully saturated rings. The molecule has 7 aromatic carbocycles. The van der Waals surface area contributed by atoms with E-state index in [1.165, 1.54) is 11.1 Å². The summed E-state index contributed by atoms with van der Waals surface area (Å²) in [6, 6.07) is 40.7. The van der Waals surface area contributed by atoms with Crippen LogP contribution in [-0.4, -0.2) is 36.2 Å². The number of phenolic OH excluding ortho intramolecular Hbond substituents is 5. The molecule has 7 aromatic rings. The maximum atomic E-state index is 9.84. The Hall–Kier alpha value is -5.28. The normalized spacial score (nSPS) is 13.3. The van der Waals surface area contributed by atoms with Crippen LogP contribution in [0.1, 0.15) is 82.8 Å². The number of phenols is 5. The molecule has 1 aliphatic carbocycles. The zero-order valence-corrected chi connectivity index (χ0v) is 47.1. The van der Waals surface area contributed by atoms with Crippen LogP contribution >= 0.6 is 69.6 Å². The first-order valence-corrected chi connectivity index (χ1v) is 25.9. The van der Waals surface area contributed by atoms with Gasteiger partial charge in [-0.15, -0.1) is 0 Å². The van der Waals surface area contributed by atoms with Crippen LogP contribution in [0, 0.1) is 34.6 Å². The molecule has 0 heterocycles. The van der Waals surface area contributed by atoms with Crippen LogP contribution in [0.15, 0.2) is 156 Å². The van der Waals surface area contributed by atoms with E-state index in [2.05, 4.69) is 24.3 Å². The standard InChI is InChI=1S/C15H15ClO.C14H13ClO.C9H11ClO.C8H9ClO.C8H11ClO.C7H7ClO/c1-11-13(15(17)10-9-14(11)16)8-7-12-5-3-2-4-6-12;15-13-8-9-14(16)12(10-13)7-6-11-4-2-1-3-5-11;1-3-7-5-8(10)6(2)4-9(7)11;1-5-3-7(10)4-6(2)8(5)9;1-6-5-8(2,10)4-3-7(6)9;1-5-4-6(9)2-3-7(5)8/h2-6,9-10,17H,7-8H2,1H3;1-5,8-10,16H,6-7H2;4-5,11H,3H2,1-2H3;3-4,10H,1-2H3;3-4,10H,5H2,1-2H3;2-4,9H,1H3. The zero-order valence-electron chi connectivity index (χ0n) is 42.6. The number of aromatic hydroxyl groups is 5. The van der Waals surface area contributed by atoms with Crippen molar-refractivity contribution in [2.75, 3.05) is 0 Å². The smallest absolute Gasteiger partial charge is 0.119 e. The number of aliphatic hydroxyl groups is 1. The summed E-state index contributed by atoms with van der Waals surface area (Å²) < 4.78 is 0. The molecule has 0 amide bonds. The van der Waals surface area contributed by atoms with Crippen molar-refractivity contribution in [2.24, 2.45) is 0 Å². The van der Waals surface area contributed by atoms with Gasteiger partial charge < -0.3 is 30.6 Å². The van der Waals surface area contributed by atoms with Crippen molar-refractivity contribution in [3.05, 3.63) is 237 Å². The summed E-state index contributed by atoms with van der Waals surface area (Å²) >= 11 is 35.1. The fourth-order valence-electron chi connectivity index (χ4n) is 7.24. The van der Waals surface area contributed by atoms with E-state index in [0.717, 1.165) is 97.3 Å². The molecular formula is C61H66Cl6O6. The van der Waals surface area contributed by atoms with Crippen LogP contribution in [0.2, 0.25) is 25.1 Å². The van der Waals surface area contributed by atoms with Crippen LogP contribution in [0.5, 0.6) is 28.7 Å². The number of halogens is 6. The molecule has 6 N–H and O–H groups in total. The molecule has 1 atom stereocenters. The minimum absolute atomic E-state index is 0.261. The van der Waals surface area contributed by atoms with E-state index in [1.54, 1.807) is 79.7 Å². The zero-order chi connectivity index (χ0) is 54.4. The molecule has 1 aliphatic rings. The van der Waals surface area contributed by atoms with E-state index in [4.69, 9.17) is 79.8 Å². The molecule has 12 heteroatoms. The van der Waals surface area contributed by atoms with Crippen molar-refractivity contribution in [1.29, 1.82) is 0 Å². The SMILES string of the molecule is CC1=C(Cl)C=CC(C)(O)C1.CCc1cc(Cl)c(C)cc1O.Cc1c(Cl)ccc(O)c1CCc1ccccc1.Cc1cc(O)cc(C)c1Cl.Cc1cc(O)ccc1Cl.Oc1ccc(Cl)cc1CCc1ccccc1. The molecule has 73 heavy (non-hydrogen) atoms. The Morgan fingerprint density at radius 2 is 1.00 bits per heavy atom. The quantitative estimate of drug-likeness (QED) is 0.0946. The monoisotopic (exact) mass is 1100 g/mol. The van der Waals surface area contributed by atoms with Gasteiger partial charge in [0.1, 0.15) is 28.7 Å². The summed E-state index contributed by atoms with van der Waals surface area (Å²) in [5.41, 5.74) is 10.3. The molecule has 1 unspecified atom stereocenters. The number of aryl methyl sites for hydroxylation is 8. The van der Waals surface area contributed by atoms with Gasteiger partial charge in [0.15, 0.2) is 0 Å². The van der Waals surface area contributed by atoms with Crippen molar-refractivity contribution in [1.82, 2.24) is 0 Å². The Bertz CT molecular complexity index is 2890. The predicted octanol–water partition coefficient (Wildman–Crippen LogP) is 18.1. The lowest BCUT2D eigenvalue weighted by molar-refractivity contribution is 0.110. The summed E-state index contributed by atoms with van der Waals surface area (Å²) in [6.45, 7) is 15.1. The lowest BCUT2D eigenvalue weighted by Crippen LogP contribution is -2.23. The Morgan fingerprint density at radius 3 is 1.52 bits per heavy atom. The van der Waals surface area contributed by atoms with Crippen LogP contribution in [0.3, 0.4) is 0 Å². The molecule has 6 nitrogen and oxygen atoms in total. The maximum Gasteiger partial charge on any atom is 0.119 e. The maximum absolute atomic E-state index is 9.84. The molecule has 0 bridgehead atoms. The third kappa shape index (κ3) is 22.0. The van der Waals surface area contributed by atoms with Crippen LogP contribution in [0.25, 0.3) is 0 Å². The van der Waals surface area contributed by atoms with Gasteiger partial charge in [0, 0.05) is 36.6 Å². The molecule has 0 radical (unpaired) electrons. The number of rotatable bonds is 7. The lowest BCUT2D eigenvalue weighted by Gasteiger charge is -2.23. The van der Waals surface area contributed by atoms with E-state index in [-0.39, 0.29) is 11.5 Å². The Kier molecular flexibility index (Phi) is 26.2. The second-order valence-corrected chi connectivity index (χ2v) is 20.3. The second kappa shape index (κ2) is 30.8. The van der Waals surface area contributed by atoms with Crippen molar-refractivity contribution in [3.8, 4) is 28.7 Å². The molecule has 0 saturated carbocycles. The first-order chi connectivity index (χ1) is 34.4. The largest absolute Gasteiger partial charge is 0.508 e. The molecule has 0 aliphatic heterocycles. The van der Waals surface area contributed by atoms with Gasteiger partial charge in [0.05, 0.1) is 5.60 Å². The van der Waals surface area contributed by atoms with Gasteiger partial charge in [-0.3, -0.25) is 0 Å². The third-order valence-corrected chi connectivity index (χ3v) is 14.0. The van der Waals surface area contributed by atoms with Gasteiger partial charge >= 0.3 is 0 Å². The highest BCUT2D eigenvalue weighted by Gasteiger charge is 2.21. The minimum atomic E-state index is -0.692. The first-order valence-electron chi connectivity index (χ1n) is 23.6. The summed E-state index contributed by atoms with van der Waals surface area (Å²) in [4.78, 5) is 0. The average molecular weight is 1110 g/mol. The molecule has 0 saturated heterocycles. The predicted molar refractivity (Wildman–Crippen MR) is 309 cm³/mol. The molecular weight excluding hydrogens is 1040 g/mol. The minimum Gasteiger partial charge on any atom is -0.508 e. The van der Waals surface area contributed by atoms with Crippen LogP contribution in [0.4, 0.5) is 0 Å². The second-order valence-electron chi connectivity index (χ2n) is 17.8. The van der Waals surface area contributed by atoms with Crippen LogP contribution < -0.4 is 0 Å². The van der Waals surface area contributed by atoms with Gasteiger partial charge in [-0.25, -0.2) is 0 Å². The average Bonchev–Trinajstić information content (AvgIpc) is 3.35. The Morgan fingerprint density at radius 1 is 0.479 bits per heavy atom. The Labute approximate surface area is 462 Å². The highest BCUT2D eigenvalue weighted by Crippen LogP contribution is 2.31. The highest BCUT2D eigenvalue weighted by atomic mass is 35.5. The fourth-order valence-corrected chi connectivity index (χ4v) is 8.15. The van der Waals surface area contributed by atoms with E-state index < -0.39 is 5.60 Å². The third-order valence-electron chi connectivity index (χ3n) is 11.5. The summed E-state index contributed by atoms with van der Waals surface area (Å²) in [5.74, 6) is 1.54. The number of benzene rings is 7. The van der Waals surface area contributed by atoms with Crippen molar-refractivity contribution >= 4 is 69.6 Å². The van der Waals surface area contributed by atoms with Crippen molar-refractivity contribution in [2.45, 2.75) is 99.5 Å². The van der Waals surface area contributed by atoms with E-state index in [0.29, 0.717) is 38.7 Å². The highest BCUT2D eigenvalue weighted by molar-refractivity contribution is 6.33.